The van der Waals surface area contributed by atoms with Gasteiger partial charge in [0, 0.05) is 18.7 Å². The van der Waals surface area contributed by atoms with Crippen molar-refractivity contribution in [2.24, 2.45) is 0 Å². The van der Waals surface area contributed by atoms with Crippen LogP contribution in [0, 0.1) is 13.8 Å². The maximum Gasteiger partial charge on any atom is 0.416 e. The zero-order chi connectivity index (χ0) is 22.6. The molecule has 1 atom stereocenters. The number of benzene rings is 2. The highest BCUT2D eigenvalue weighted by molar-refractivity contribution is 5.76. The van der Waals surface area contributed by atoms with Crippen LogP contribution in [-0.4, -0.2) is 22.2 Å². The molecular weight excluding hydrogens is 403 g/mol. The van der Waals surface area contributed by atoms with Crippen LogP contribution >= 0.6 is 0 Å². The van der Waals surface area contributed by atoms with Crippen molar-refractivity contribution in [2.75, 3.05) is 6.54 Å². The minimum atomic E-state index is -4.35. The number of nitrogens with zero attached hydrogens (tertiary/aromatic N) is 2. The van der Waals surface area contributed by atoms with E-state index in [1.807, 2.05) is 55.8 Å². The summed E-state index contributed by atoms with van der Waals surface area (Å²) in [6.07, 6.45) is -3.44. The summed E-state index contributed by atoms with van der Waals surface area (Å²) in [5.74, 6) is -0.283. The van der Waals surface area contributed by atoms with E-state index in [1.54, 1.807) is 0 Å². The average molecular weight is 429 g/mol. The van der Waals surface area contributed by atoms with E-state index >= 15 is 0 Å². The monoisotopic (exact) mass is 429 g/mol. The van der Waals surface area contributed by atoms with E-state index in [2.05, 4.69) is 10.4 Å². The number of halogens is 3. The number of alkyl halides is 3. The molecule has 1 N–H and O–H groups in total. The largest absolute Gasteiger partial charge is 0.416 e. The number of carbonyl (C=O) groups excluding carboxylic acids is 1. The molecule has 164 valence electrons. The van der Waals surface area contributed by atoms with Crippen molar-refractivity contribution in [3.63, 3.8) is 0 Å². The standard InChI is InChI=1S/C24H26F3N3O/c1-16(20-6-8-21(9-7-20)24(25,26)27)14-23(31)28-13-12-19-4-10-22(11-5-19)30-18(3)15-17(2)29-30/h4-11,15-16H,12-14H2,1-3H3,(H,28,31). The van der Waals surface area contributed by atoms with E-state index in [4.69, 9.17) is 0 Å². The average Bonchev–Trinajstić information content (AvgIpc) is 3.06. The van der Waals surface area contributed by atoms with Gasteiger partial charge in [0.15, 0.2) is 0 Å². The van der Waals surface area contributed by atoms with Crippen LogP contribution < -0.4 is 5.32 Å². The van der Waals surface area contributed by atoms with Gasteiger partial charge in [0.1, 0.15) is 0 Å². The summed E-state index contributed by atoms with van der Waals surface area (Å²) >= 11 is 0. The molecule has 0 saturated carbocycles. The molecule has 3 rings (SSSR count). The first kappa shape index (κ1) is 22.6. The van der Waals surface area contributed by atoms with E-state index < -0.39 is 11.7 Å². The maximum absolute atomic E-state index is 12.7. The van der Waals surface area contributed by atoms with E-state index in [1.165, 1.54) is 12.1 Å². The van der Waals surface area contributed by atoms with Crippen LogP contribution in [0.1, 0.15) is 47.3 Å². The SMILES string of the molecule is Cc1cc(C)n(-c2ccc(CCNC(=O)CC(C)c3ccc(C(F)(F)F)cc3)cc2)n1. The third-order valence-corrected chi connectivity index (χ3v) is 5.22. The van der Waals surface area contributed by atoms with Gasteiger partial charge in [-0.3, -0.25) is 4.79 Å². The lowest BCUT2D eigenvalue weighted by Gasteiger charge is -2.14. The predicted octanol–water partition coefficient (Wildman–Crippen LogP) is 5.36. The van der Waals surface area contributed by atoms with Crippen LogP contribution in [-0.2, 0) is 17.4 Å². The Labute approximate surface area is 180 Å². The van der Waals surface area contributed by atoms with Gasteiger partial charge in [-0.2, -0.15) is 18.3 Å². The molecule has 1 amide bonds. The highest BCUT2D eigenvalue weighted by Gasteiger charge is 2.30. The lowest BCUT2D eigenvalue weighted by molar-refractivity contribution is -0.137. The van der Waals surface area contributed by atoms with Crippen molar-refractivity contribution in [1.82, 2.24) is 15.1 Å². The van der Waals surface area contributed by atoms with Crippen LogP contribution in [0.4, 0.5) is 13.2 Å². The number of hydrogen-bond acceptors (Lipinski definition) is 2. The van der Waals surface area contributed by atoms with Gasteiger partial charge in [-0.05, 0) is 67.6 Å². The topological polar surface area (TPSA) is 46.9 Å². The molecule has 3 aromatic rings. The fraction of sp³-hybridized carbons (Fsp3) is 0.333. The number of nitrogens with one attached hydrogen (secondary N) is 1. The Kier molecular flexibility index (Phi) is 6.83. The van der Waals surface area contributed by atoms with Crippen LogP contribution in [0.25, 0.3) is 5.69 Å². The van der Waals surface area contributed by atoms with Crippen molar-refractivity contribution >= 4 is 5.91 Å². The molecule has 0 spiro atoms. The molecule has 7 heteroatoms. The molecule has 0 bridgehead atoms. The fourth-order valence-electron chi connectivity index (χ4n) is 3.51. The lowest BCUT2D eigenvalue weighted by atomic mass is 9.96. The summed E-state index contributed by atoms with van der Waals surface area (Å²) in [6.45, 7) is 6.30. The molecule has 0 radical (unpaired) electrons. The molecule has 1 aromatic heterocycles. The maximum atomic E-state index is 12.7. The van der Waals surface area contributed by atoms with Crippen molar-refractivity contribution in [1.29, 1.82) is 0 Å². The molecule has 0 aliphatic heterocycles. The van der Waals surface area contributed by atoms with Crippen LogP contribution in [0.15, 0.2) is 54.6 Å². The number of hydrogen-bond donors (Lipinski definition) is 1. The van der Waals surface area contributed by atoms with Gasteiger partial charge in [0.25, 0.3) is 0 Å². The molecule has 31 heavy (non-hydrogen) atoms. The molecule has 0 aliphatic rings. The zero-order valence-electron chi connectivity index (χ0n) is 17.8. The Bertz CT molecular complexity index is 1020. The van der Waals surface area contributed by atoms with Gasteiger partial charge in [-0.15, -0.1) is 0 Å². The fourth-order valence-corrected chi connectivity index (χ4v) is 3.51. The summed E-state index contributed by atoms with van der Waals surface area (Å²) < 4.78 is 39.9. The Morgan fingerprint density at radius 3 is 2.26 bits per heavy atom. The summed E-state index contributed by atoms with van der Waals surface area (Å²) in [4.78, 5) is 12.2. The number of aryl methyl sites for hydroxylation is 2. The third-order valence-electron chi connectivity index (χ3n) is 5.22. The number of rotatable bonds is 7. The Balaban J connectivity index is 1.47. The van der Waals surface area contributed by atoms with Crippen molar-refractivity contribution < 1.29 is 18.0 Å². The Hall–Kier alpha value is -3.09. The summed E-state index contributed by atoms with van der Waals surface area (Å²) in [5, 5.41) is 7.36. The molecule has 2 aromatic carbocycles. The molecule has 4 nitrogen and oxygen atoms in total. The molecular formula is C24H26F3N3O. The second-order valence-corrected chi connectivity index (χ2v) is 7.83. The minimum Gasteiger partial charge on any atom is -0.356 e. The van der Waals surface area contributed by atoms with Gasteiger partial charge < -0.3 is 5.32 Å². The summed E-state index contributed by atoms with van der Waals surface area (Å²) in [7, 11) is 0. The van der Waals surface area contributed by atoms with Gasteiger partial charge in [-0.1, -0.05) is 31.2 Å². The zero-order valence-corrected chi connectivity index (χ0v) is 17.8. The van der Waals surface area contributed by atoms with Crippen molar-refractivity contribution in [3.8, 4) is 5.69 Å². The van der Waals surface area contributed by atoms with Crippen LogP contribution in [0.5, 0.6) is 0 Å². The number of aromatic nitrogens is 2. The molecule has 0 aliphatic carbocycles. The lowest BCUT2D eigenvalue weighted by Crippen LogP contribution is -2.26. The van der Waals surface area contributed by atoms with Gasteiger partial charge in [0.05, 0.1) is 16.9 Å². The quantitative estimate of drug-likeness (QED) is 0.550. The number of carbonyl (C=O) groups is 1. The van der Waals surface area contributed by atoms with Crippen LogP contribution in [0.2, 0.25) is 0 Å². The second kappa shape index (κ2) is 9.37. The smallest absolute Gasteiger partial charge is 0.356 e. The van der Waals surface area contributed by atoms with Crippen molar-refractivity contribution in [3.05, 3.63) is 82.7 Å². The van der Waals surface area contributed by atoms with E-state index in [-0.39, 0.29) is 18.2 Å². The van der Waals surface area contributed by atoms with E-state index in [0.29, 0.717) is 18.5 Å². The second-order valence-electron chi connectivity index (χ2n) is 7.83. The van der Waals surface area contributed by atoms with E-state index in [0.717, 1.165) is 34.8 Å². The third kappa shape index (κ3) is 5.96. The Morgan fingerprint density at radius 1 is 1.06 bits per heavy atom. The summed E-state index contributed by atoms with van der Waals surface area (Å²) in [5.41, 5.74) is 4.15. The molecule has 0 saturated heterocycles. The minimum absolute atomic E-state index is 0.119. The highest BCUT2D eigenvalue weighted by atomic mass is 19.4. The molecule has 0 fully saturated rings. The van der Waals surface area contributed by atoms with Gasteiger partial charge in [0.2, 0.25) is 5.91 Å². The first-order valence-electron chi connectivity index (χ1n) is 10.2. The first-order valence-corrected chi connectivity index (χ1v) is 10.2. The first-order chi connectivity index (χ1) is 14.6. The predicted molar refractivity (Wildman–Crippen MR) is 114 cm³/mol. The van der Waals surface area contributed by atoms with Crippen LogP contribution in [0.3, 0.4) is 0 Å². The van der Waals surface area contributed by atoms with Crippen molar-refractivity contribution in [2.45, 2.75) is 45.7 Å². The Morgan fingerprint density at radius 2 is 1.71 bits per heavy atom. The van der Waals surface area contributed by atoms with Gasteiger partial charge in [-0.25, -0.2) is 4.68 Å². The molecule has 1 unspecified atom stereocenters. The van der Waals surface area contributed by atoms with Gasteiger partial charge >= 0.3 is 6.18 Å². The normalized spacial score (nSPS) is 12.6. The molecule has 1 heterocycles. The number of amides is 1. The van der Waals surface area contributed by atoms with E-state index in [9.17, 15) is 18.0 Å². The highest BCUT2D eigenvalue weighted by Crippen LogP contribution is 2.30. The summed E-state index contributed by atoms with van der Waals surface area (Å²) in [6, 6.07) is 15.0.